The molecule has 2 fully saturated rings. The van der Waals surface area contributed by atoms with Gasteiger partial charge in [-0.15, -0.1) is 0 Å². The second kappa shape index (κ2) is 9.23. The summed E-state index contributed by atoms with van der Waals surface area (Å²) in [7, 11) is 0. The molecule has 132 valence electrons. The number of esters is 1. The molecule has 1 heterocycles. The highest BCUT2D eigenvalue weighted by Gasteiger charge is 2.23. The third-order valence-corrected chi connectivity index (χ3v) is 4.61. The second-order valence-electron chi connectivity index (χ2n) is 6.74. The van der Waals surface area contributed by atoms with Crippen LogP contribution < -0.4 is 5.32 Å². The Labute approximate surface area is 138 Å². The van der Waals surface area contributed by atoms with Gasteiger partial charge in [-0.3, -0.25) is 4.79 Å². The van der Waals surface area contributed by atoms with Crippen molar-refractivity contribution in [2.24, 2.45) is 5.92 Å². The van der Waals surface area contributed by atoms with E-state index in [0.717, 1.165) is 51.0 Å². The number of ether oxygens (including phenoxy) is 3. The van der Waals surface area contributed by atoms with Crippen molar-refractivity contribution in [2.45, 2.75) is 70.6 Å². The van der Waals surface area contributed by atoms with Gasteiger partial charge >= 0.3 is 5.97 Å². The third kappa shape index (κ3) is 6.47. The molecule has 0 bridgehead atoms. The van der Waals surface area contributed by atoms with E-state index in [0.29, 0.717) is 6.61 Å². The van der Waals surface area contributed by atoms with E-state index >= 15 is 0 Å². The lowest BCUT2D eigenvalue weighted by molar-refractivity contribution is -0.160. The fourth-order valence-electron chi connectivity index (χ4n) is 3.02. The maximum atomic E-state index is 11.8. The van der Waals surface area contributed by atoms with Gasteiger partial charge in [0.25, 0.3) is 5.91 Å². The molecule has 1 saturated heterocycles. The number of amides is 1. The summed E-state index contributed by atoms with van der Waals surface area (Å²) in [6.07, 6.45) is 5.67. The summed E-state index contributed by atoms with van der Waals surface area (Å²) < 4.78 is 15.9. The average Bonchev–Trinajstić information content (AvgIpc) is 3.06. The van der Waals surface area contributed by atoms with E-state index in [4.69, 9.17) is 14.2 Å². The van der Waals surface area contributed by atoms with Crippen LogP contribution in [0.5, 0.6) is 0 Å². The zero-order chi connectivity index (χ0) is 16.7. The monoisotopic (exact) mass is 327 g/mol. The van der Waals surface area contributed by atoms with Gasteiger partial charge in [0.15, 0.2) is 12.7 Å². The van der Waals surface area contributed by atoms with Gasteiger partial charge in [0.05, 0.1) is 12.7 Å². The van der Waals surface area contributed by atoms with Crippen LogP contribution in [0, 0.1) is 5.92 Å². The van der Waals surface area contributed by atoms with Gasteiger partial charge < -0.3 is 19.5 Å². The lowest BCUT2D eigenvalue weighted by Gasteiger charge is -2.26. The molecule has 0 aromatic rings. The van der Waals surface area contributed by atoms with Crippen LogP contribution in [0.3, 0.4) is 0 Å². The van der Waals surface area contributed by atoms with E-state index < -0.39 is 12.1 Å². The molecule has 6 nitrogen and oxygen atoms in total. The topological polar surface area (TPSA) is 73.9 Å². The van der Waals surface area contributed by atoms with E-state index in [1.54, 1.807) is 6.92 Å². The smallest absolute Gasteiger partial charge is 0.335 e. The van der Waals surface area contributed by atoms with Crippen LogP contribution in [0.15, 0.2) is 0 Å². The molecular weight excluding hydrogens is 298 g/mol. The number of hydrogen-bond donors (Lipinski definition) is 1. The summed E-state index contributed by atoms with van der Waals surface area (Å²) in [5.74, 6) is 0.00229. The summed E-state index contributed by atoms with van der Waals surface area (Å²) in [6.45, 7) is 4.78. The van der Waals surface area contributed by atoms with E-state index in [9.17, 15) is 9.59 Å². The first kappa shape index (κ1) is 18.2. The van der Waals surface area contributed by atoms with Crippen molar-refractivity contribution in [3.63, 3.8) is 0 Å². The molecule has 0 aromatic carbocycles. The van der Waals surface area contributed by atoms with E-state index in [1.165, 1.54) is 0 Å². The molecule has 0 radical (unpaired) electrons. The minimum atomic E-state index is -0.678. The van der Waals surface area contributed by atoms with Crippen molar-refractivity contribution in [2.75, 3.05) is 19.8 Å². The molecule has 2 aliphatic rings. The molecule has 2 unspecified atom stereocenters. The zero-order valence-electron chi connectivity index (χ0n) is 14.2. The van der Waals surface area contributed by atoms with Crippen molar-refractivity contribution in [3.8, 4) is 0 Å². The minimum Gasteiger partial charge on any atom is -0.454 e. The van der Waals surface area contributed by atoms with Gasteiger partial charge in [0, 0.05) is 12.6 Å². The predicted molar refractivity (Wildman–Crippen MR) is 84.9 cm³/mol. The normalized spacial score (nSPS) is 29.0. The Morgan fingerprint density at radius 3 is 2.61 bits per heavy atom. The molecule has 0 spiro atoms. The SMILES string of the molecule is CC1CCC(NC(=O)COC(=O)C(C)OCC2CCCO2)CC1. The van der Waals surface area contributed by atoms with Crippen molar-refractivity contribution < 1.29 is 23.8 Å². The Hall–Kier alpha value is -1.14. The molecule has 6 heteroatoms. The van der Waals surface area contributed by atoms with Crippen LogP contribution in [0.1, 0.15) is 52.4 Å². The van der Waals surface area contributed by atoms with Crippen LogP contribution in [0.2, 0.25) is 0 Å². The molecule has 23 heavy (non-hydrogen) atoms. The lowest BCUT2D eigenvalue weighted by Crippen LogP contribution is -2.40. The fraction of sp³-hybridized carbons (Fsp3) is 0.882. The van der Waals surface area contributed by atoms with E-state index in [1.807, 2.05) is 0 Å². The van der Waals surface area contributed by atoms with Gasteiger partial charge in [0.2, 0.25) is 0 Å². The Bertz CT molecular complexity index is 386. The number of rotatable bonds is 7. The highest BCUT2D eigenvalue weighted by Crippen LogP contribution is 2.23. The maximum absolute atomic E-state index is 11.8. The summed E-state index contributed by atoms with van der Waals surface area (Å²) in [5.41, 5.74) is 0. The largest absolute Gasteiger partial charge is 0.454 e. The Balaban J connectivity index is 1.58. The molecule has 2 rings (SSSR count). The Kier molecular flexibility index (Phi) is 7.30. The van der Waals surface area contributed by atoms with Crippen LogP contribution in [0.25, 0.3) is 0 Å². The molecule has 1 saturated carbocycles. The van der Waals surface area contributed by atoms with E-state index in [2.05, 4.69) is 12.2 Å². The standard InChI is InChI=1S/C17H29NO5/c1-12-5-7-14(8-6-12)18-16(19)11-23-17(20)13(2)22-10-15-4-3-9-21-15/h12-15H,3-11H2,1-2H3,(H,18,19). The van der Waals surface area contributed by atoms with Crippen molar-refractivity contribution in [1.29, 1.82) is 0 Å². The quantitative estimate of drug-likeness (QED) is 0.722. The predicted octanol–water partition coefficient (Wildman–Crippen LogP) is 1.81. The van der Waals surface area contributed by atoms with Gasteiger partial charge in [-0.25, -0.2) is 4.79 Å². The highest BCUT2D eigenvalue weighted by molar-refractivity contribution is 5.82. The average molecular weight is 327 g/mol. The van der Waals surface area contributed by atoms with Gasteiger partial charge in [-0.05, 0) is 51.4 Å². The molecule has 1 N–H and O–H groups in total. The number of carbonyl (C=O) groups excluding carboxylic acids is 2. The molecule has 1 aliphatic heterocycles. The van der Waals surface area contributed by atoms with Crippen LogP contribution >= 0.6 is 0 Å². The summed E-state index contributed by atoms with van der Waals surface area (Å²) >= 11 is 0. The van der Waals surface area contributed by atoms with Gasteiger partial charge in [-0.2, -0.15) is 0 Å². The summed E-state index contributed by atoms with van der Waals surface area (Å²) in [5, 5.41) is 2.93. The molecular formula is C17H29NO5. The minimum absolute atomic E-state index is 0.0715. The van der Waals surface area contributed by atoms with Crippen LogP contribution in [0.4, 0.5) is 0 Å². The van der Waals surface area contributed by atoms with Gasteiger partial charge in [-0.1, -0.05) is 6.92 Å². The number of nitrogens with one attached hydrogen (secondary N) is 1. The molecule has 1 amide bonds. The van der Waals surface area contributed by atoms with Gasteiger partial charge in [0.1, 0.15) is 0 Å². The Morgan fingerprint density at radius 1 is 1.22 bits per heavy atom. The first-order valence-electron chi connectivity index (χ1n) is 8.73. The first-order chi connectivity index (χ1) is 11.0. The van der Waals surface area contributed by atoms with Crippen molar-refractivity contribution >= 4 is 11.9 Å². The fourth-order valence-corrected chi connectivity index (χ4v) is 3.02. The summed E-state index contributed by atoms with van der Waals surface area (Å²) in [6, 6.07) is 0.214. The maximum Gasteiger partial charge on any atom is 0.335 e. The lowest BCUT2D eigenvalue weighted by atomic mass is 9.87. The Morgan fingerprint density at radius 2 is 1.96 bits per heavy atom. The molecule has 1 aliphatic carbocycles. The first-order valence-corrected chi connectivity index (χ1v) is 8.73. The highest BCUT2D eigenvalue weighted by atomic mass is 16.6. The third-order valence-electron chi connectivity index (χ3n) is 4.61. The summed E-state index contributed by atoms with van der Waals surface area (Å²) in [4.78, 5) is 23.7. The van der Waals surface area contributed by atoms with E-state index in [-0.39, 0.29) is 24.7 Å². The van der Waals surface area contributed by atoms with Crippen LogP contribution in [-0.4, -0.2) is 49.9 Å². The molecule has 2 atom stereocenters. The van der Waals surface area contributed by atoms with Crippen LogP contribution in [-0.2, 0) is 23.8 Å². The van der Waals surface area contributed by atoms with Crippen molar-refractivity contribution in [3.05, 3.63) is 0 Å². The number of carbonyl (C=O) groups is 2. The van der Waals surface area contributed by atoms with Crippen molar-refractivity contribution in [1.82, 2.24) is 5.32 Å². The second-order valence-corrected chi connectivity index (χ2v) is 6.74. The zero-order valence-corrected chi connectivity index (χ0v) is 14.2. The molecule has 0 aromatic heterocycles. The number of hydrogen-bond acceptors (Lipinski definition) is 5.